The van der Waals surface area contributed by atoms with Crippen molar-refractivity contribution in [3.8, 4) is 11.5 Å². The molecule has 5 nitrogen and oxygen atoms in total. The van der Waals surface area contributed by atoms with Crippen LogP contribution in [0.4, 0.5) is 0 Å². The Balaban J connectivity index is 1.67. The Morgan fingerprint density at radius 2 is 1.85 bits per heavy atom. The van der Waals surface area contributed by atoms with Gasteiger partial charge in [-0.25, -0.2) is 0 Å². The fraction of sp³-hybridized carbons (Fsp3) is 0.333. The molecule has 0 amide bonds. The van der Waals surface area contributed by atoms with Crippen LogP contribution in [0.2, 0.25) is 0 Å². The summed E-state index contributed by atoms with van der Waals surface area (Å²) in [5, 5.41) is 9.54. The Kier molecular flexibility index (Phi) is 6.06. The summed E-state index contributed by atoms with van der Waals surface area (Å²) >= 11 is 1.65. The third-order valence-electron chi connectivity index (χ3n) is 4.53. The quantitative estimate of drug-likeness (QED) is 0.545. The summed E-state index contributed by atoms with van der Waals surface area (Å²) in [4.78, 5) is 0. The molecule has 0 fully saturated rings. The minimum Gasteiger partial charge on any atom is -0.497 e. The van der Waals surface area contributed by atoms with Crippen LogP contribution >= 0.6 is 11.8 Å². The molecular weight excluding hydrogens is 358 g/mol. The first kappa shape index (κ1) is 19.3. The summed E-state index contributed by atoms with van der Waals surface area (Å²) in [6.07, 6.45) is -0.184. The van der Waals surface area contributed by atoms with Crippen molar-refractivity contribution in [1.82, 2.24) is 14.8 Å². The molecule has 0 saturated heterocycles. The van der Waals surface area contributed by atoms with Gasteiger partial charge in [-0.3, -0.25) is 0 Å². The van der Waals surface area contributed by atoms with Crippen molar-refractivity contribution in [2.75, 3.05) is 7.11 Å². The zero-order chi connectivity index (χ0) is 19.4. The van der Waals surface area contributed by atoms with Crippen molar-refractivity contribution < 1.29 is 9.47 Å². The van der Waals surface area contributed by atoms with Gasteiger partial charge in [0.15, 0.2) is 17.1 Å². The Morgan fingerprint density at radius 1 is 1.04 bits per heavy atom. The molecule has 6 heteroatoms. The highest BCUT2D eigenvalue weighted by atomic mass is 32.2. The van der Waals surface area contributed by atoms with Gasteiger partial charge in [0.2, 0.25) is 0 Å². The molecule has 0 radical (unpaired) electrons. The average Bonchev–Trinajstić information content (AvgIpc) is 3.04. The largest absolute Gasteiger partial charge is 0.497 e. The molecule has 3 rings (SSSR count). The predicted molar refractivity (Wildman–Crippen MR) is 109 cm³/mol. The molecule has 1 heterocycles. The van der Waals surface area contributed by atoms with Gasteiger partial charge in [0.25, 0.3) is 0 Å². The van der Waals surface area contributed by atoms with E-state index in [1.807, 2.05) is 42.8 Å². The van der Waals surface area contributed by atoms with Crippen LogP contribution in [-0.4, -0.2) is 21.9 Å². The molecule has 0 N–H and O–H groups in total. The van der Waals surface area contributed by atoms with Crippen molar-refractivity contribution in [3.05, 3.63) is 65.0 Å². The third-order valence-corrected chi connectivity index (χ3v) is 5.62. The number of rotatable bonds is 7. The molecule has 0 bridgehead atoms. The molecule has 27 heavy (non-hydrogen) atoms. The summed E-state index contributed by atoms with van der Waals surface area (Å²) in [6, 6.07) is 14.2. The van der Waals surface area contributed by atoms with E-state index in [9.17, 15) is 0 Å². The van der Waals surface area contributed by atoms with Gasteiger partial charge in [0.05, 0.1) is 7.11 Å². The molecule has 3 aromatic rings. The van der Waals surface area contributed by atoms with E-state index in [0.29, 0.717) is 0 Å². The van der Waals surface area contributed by atoms with E-state index in [1.54, 1.807) is 18.9 Å². The van der Waals surface area contributed by atoms with Crippen LogP contribution < -0.4 is 9.47 Å². The number of thioether (sulfide) groups is 1. The number of ether oxygens (including phenoxy) is 2. The first-order valence-electron chi connectivity index (χ1n) is 8.87. The van der Waals surface area contributed by atoms with Crippen molar-refractivity contribution in [3.63, 3.8) is 0 Å². The monoisotopic (exact) mass is 383 g/mol. The lowest BCUT2D eigenvalue weighted by molar-refractivity contribution is 0.211. The minimum atomic E-state index is -0.184. The number of nitrogens with zero attached hydrogens (tertiary/aromatic N) is 3. The summed E-state index contributed by atoms with van der Waals surface area (Å²) in [7, 11) is 3.65. The molecule has 142 valence electrons. The number of benzene rings is 2. The van der Waals surface area contributed by atoms with Crippen LogP contribution in [0.1, 0.15) is 35.5 Å². The summed E-state index contributed by atoms with van der Waals surface area (Å²) in [5.41, 5.74) is 3.65. The second kappa shape index (κ2) is 8.48. The minimum absolute atomic E-state index is 0.184. The van der Waals surface area contributed by atoms with E-state index in [-0.39, 0.29) is 6.10 Å². The van der Waals surface area contributed by atoms with Crippen LogP contribution in [0, 0.1) is 13.8 Å². The maximum Gasteiger partial charge on any atom is 0.191 e. The molecule has 0 aliphatic rings. The van der Waals surface area contributed by atoms with Gasteiger partial charge < -0.3 is 14.0 Å². The Morgan fingerprint density at radius 3 is 2.59 bits per heavy atom. The molecule has 0 aliphatic carbocycles. The second-order valence-electron chi connectivity index (χ2n) is 6.55. The normalized spacial score (nSPS) is 12.0. The van der Waals surface area contributed by atoms with Crippen LogP contribution in [0.5, 0.6) is 11.5 Å². The lowest BCUT2D eigenvalue weighted by Crippen LogP contribution is -2.10. The maximum atomic E-state index is 6.07. The van der Waals surface area contributed by atoms with Crippen LogP contribution in [0.25, 0.3) is 0 Å². The zero-order valence-electron chi connectivity index (χ0n) is 16.4. The molecule has 1 aromatic heterocycles. The summed E-state index contributed by atoms with van der Waals surface area (Å²) < 4.78 is 13.4. The number of methoxy groups -OCH3 is 1. The van der Waals surface area contributed by atoms with Crippen LogP contribution in [0.3, 0.4) is 0 Å². The number of aromatic nitrogens is 3. The first-order chi connectivity index (χ1) is 13.0. The summed E-state index contributed by atoms with van der Waals surface area (Å²) in [6.45, 7) is 6.18. The highest BCUT2D eigenvalue weighted by molar-refractivity contribution is 7.98. The fourth-order valence-corrected chi connectivity index (χ4v) is 3.62. The third kappa shape index (κ3) is 4.63. The number of aryl methyl sites for hydroxylation is 2. The smallest absolute Gasteiger partial charge is 0.191 e. The van der Waals surface area contributed by atoms with Crippen molar-refractivity contribution >= 4 is 11.8 Å². The van der Waals surface area contributed by atoms with Crippen molar-refractivity contribution in [2.45, 2.75) is 37.8 Å². The standard InChI is InChI=1S/C21H25N3O2S/c1-14-9-10-19(11-15(14)2)26-16(3)20-22-23-21(24(20)4)27-13-17-7-6-8-18(12-17)25-5/h6-12,16H,13H2,1-5H3. The number of hydrogen-bond donors (Lipinski definition) is 0. The van der Waals surface area contributed by atoms with Gasteiger partial charge >= 0.3 is 0 Å². The summed E-state index contributed by atoms with van der Waals surface area (Å²) in [5.74, 6) is 3.32. The van der Waals surface area contributed by atoms with E-state index in [2.05, 4.69) is 42.2 Å². The zero-order valence-corrected chi connectivity index (χ0v) is 17.2. The maximum absolute atomic E-state index is 6.07. The average molecular weight is 384 g/mol. The molecule has 0 saturated carbocycles. The van der Waals surface area contributed by atoms with E-state index in [1.165, 1.54) is 16.7 Å². The second-order valence-corrected chi connectivity index (χ2v) is 7.49. The van der Waals surface area contributed by atoms with Gasteiger partial charge in [-0.05, 0) is 61.7 Å². The predicted octanol–water partition coefficient (Wildman–Crippen LogP) is 4.87. The van der Waals surface area contributed by atoms with E-state index in [0.717, 1.165) is 28.2 Å². The van der Waals surface area contributed by atoms with Gasteiger partial charge in [-0.15, -0.1) is 10.2 Å². The van der Waals surface area contributed by atoms with Crippen LogP contribution in [0.15, 0.2) is 47.6 Å². The Hall–Kier alpha value is -2.47. The van der Waals surface area contributed by atoms with Gasteiger partial charge in [-0.1, -0.05) is 30.0 Å². The van der Waals surface area contributed by atoms with E-state index in [4.69, 9.17) is 9.47 Å². The topological polar surface area (TPSA) is 49.2 Å². The van der Waals surface area contributed by atoms with E-state index < -0.39 is 0 Å². The van der Waals surface area contributed by atoms with E-state index >= 15 is 0 Å². The molecule has 0 spiro atoms. The highest BCUT2D eigenvalue weighted by Gasteiger charge is 2.17. The van der Waals surface area contributed by atoms with Gasteiger partial charge in [-0.2, -0.15) is 0 Å². The molecule has 1 atom stereocenters. The lowest BCUT2D eigenvalue weighted by Gasteiger charge is -2.15. The van der Waals surface area contributed by atoms with Gasteiger partial charge in [0, 0.05) is 12.8 Å². The van der Waals surface area contributed by atoms with Gasteiger partial charge in [0.1, 0.15) is 11.5 Å². The lowest BCUT2D eigenvalue weighted by atomic mass is 10.1. The number of hydrogen-bond acceptors (Lipinski definition) is 5. The molecule has 1 unspecified atom stereocenters. The first-order valence-corrected chi connectivity index (χ1v) is 9.85. The fourth-order valence-electron chi connectivity index (χ4n) is 2.76. The Labute approximate surface area is 164 Å². The molecule has 2 aromatic carbocycles. The Bertz CT molecular complexity index is 924. The molecular formula is C21H25N3O2S. The van der Waals surface area contributed by atoms with Crippen molar-refractivity contribution in [2.24, 2.45) is 7.05 Å². The molecule has 0 aliphatic heterocycles. The highest BCUT2D eigenvalue weighted by Crippen LogP contribution is 2.27. The SMILES string of the molecule is COc1cccc(CSc2nnc(C(C)Oc3ccc(C)c(C)c3)n2C)c1. The van der Waals surface area contributed by atoms with Crippen molar-refractivity contribution in [1.29, 1.82) is 0 Å². The van der Waals surface area contributed by atoms with Crippen LogP contribution in [-0.2, 0) is 12.8 Å².